The number of hydrogen-bond donors (Lipinski definition) is 1. The lowest BCUT2D eigenvalue weighted by Crippen LogP contribution is -2.33. The van der Waals surface area contributed by atoms with Gasteiger partial charge in [-0.3, -0.25) is 0 Å². The van der Waals surface area contributed by atoms with Gasteiger partial charge in [0.1, 0.15) is 5.69 Å². The first-order chi connectivity index (χ1) is 7.15. The molecule has 0 bridgehead atoms. The number of hydrogen-bond acceptors (Lipinski definition) is 4. The zero-order valence-corrected chi connectivity index (χ0v) is 8.56. The van der Waals surface area contributed by atoms with Crippen molar-refractivity contribution in [3.63, 3.8) is 0 Å². The summed E-state index contributed by atoms with van der Waals surface area (Å²) in [6, 6.07) is 3.34. The van der Waals surface area contributed by atoms with Crippen molar-refractivity contribution in [2.45, 2.75) is 24.9 Å². The highest BCUT2D eigenvalue weighted by molar-refractivity contribution is 5.87. The maximum atomic E-state index is 11.2. The highest BCUT2D eigenvalue weighted by Crippen LogP contribution is 2.40. The number of pyridine rings is 1. The Bertz CT molecular complexity index is 385. The molecule has 0 amide bonds. The van der Waals surface area contributed by atoms with Crippen molar-refractivity contribution < 1.29 is 14.6 Å². The van der Waals surface area contributed by atoms with E-state index in [0.29, 0.717) is 0 Å². The summed E-state index contributed by atoms with van der Waals surface area (Å²) >= 11 is 0. The fraction of sp³-hybridized carbons (Fsp3) is 0.455. The molecule has 0 aliphatic heterocycles. The molecule has 1 aliphatic carbocycles. The van der Waals surface area contributed by atoms with E-state index >= 15 is 0 Å². The third-order valence-corrected chi connectivity index (χ3v) is 2.87. The van der Waals surface area contributed by atoms with Crippen LogP contribution in [0.25, 0.3) is 0 Å². The zero-order chi connectivity index (χ0) is 10.9. The molecule has 1 fully saturated rings. The molecule has 4 nitrogen and oxygen atoms in total. The molecular formula is C11H13NO3. The van der Waals surface area contributed by atoms with Gasteiger partial charge in [0.05, 0.1) is 12.7 Å². The van der Waals surface area contributed by atoms with Crippen molar-refractivity contribution in [2.75, 3.05) is 7.11 Å². The van der Waals surface area contributed by atoms with E-state index in [2.05, 4.69) is 9.72 Å². The predicted molar refractivity (Wildman–Crippen MR) is 53.3 cm³/mol. The van der Waals surface area contributed by atoms with Gasteiger partial charge in [-0.25, -0.2) is 9.78 Å². The number of methoxy groups -OCH3 is 1. The fourth-order valence-electron chi connectivity index (χ4n) is 1.74. The normalized spacial score (nSPS) is 18.0. The molecule has 1 aromatic heterocycles. The van der Waals surface area contributed by atoms with Crippen LogP contribution in [0, 0.1) is 0 Å². The Morgan fingerprint density at radius 3 is 2.87 bits per heavy atom. The molecule has 0 aromatic carbocycles. The highest BCUT2D eigenvalue weighted by Gasteiger charge is 2.36. The minimum Gasteiger partial charge on any atom is -0.464 e. The minimum absolute atomic E-state index is 0.246. The summed E-state index contributed by atoms with van der Waals surface area (Å²) in [4.78, 5) is 15.1. The lowest BCUT2D eigenvalue weighted by atomic mass is 9.75. The van der Waals surface area contributed by atoms with E-state index in [1.54, 1.807) is 12.1 Å². The van der Waals surface area contributed by atoms with Crippen LogP contribution in [0.1, 0.15) is 35.3 Å². The van der Waals surface area contributed by atoms with Crippen LogP contribution in [0.15, 0.2) is 18.3 Å². The van der Waals surface area contributed by atoms with Gasteiger partial charge in [0.15, 0.2) is 0 Å². The lowest BCUT2D eigenvalue weighted by Gasteiger charge is -2.37. The first-order valence-corrected chi connectivity index (χ1v) is 4.93. The number of carbonyl (C=O) groups excluding carboxylic acids is 1. The third kappa shape index (κ3) is 1.72. The number of nitrogens with zero attached hydrogens (tertiary/aromatic N) is 1. The quantitative estimate of drug-likeness (QED) is 0.741. The average molecular weight is 207 g/mol. The van der Waals surface area contributed by atoms with Gasteiger partial charge in [0.25, 0.3) is 0 Å². The van der Waals surface area contributed by atoms with E-state index in [0.717, 1.165) is 24.8 Å². The molecule has 2 rings (SSSR count). The van der Waals surface area contributed by atoms with Crippen LogP contribution in [0.2, 0.25) is 0 Å². The van der Waals surface area contributed by atoms with Gasteiger partial charge >= 0.3 is 5.97 Å². The van der Waals surface area contributed by atoms with E-state index in [1.165, 1.54) is 13.3 Å². The van der Waals surface area contributed by atoms with Crippen molar-refractivity contribution in [2.24, 2.45) is 0 Å². The number of aromatic nitrogens is 1. The molecule has 80 valence electrons. The molecule has 0 saturated heterocycles. The highest BCUT2D eigenvalue weighted by atomic mass is 16.5. The Morgan fingerprint density at radius 1 is 1.60 bits per heavy atom. The fourth-order valence-corrected chi connectivity index (χ4v) is 1.74. The predicted octanol–water partition coefficient (Wildman–Crippen LogP) is 1.24. The molecule has 0 radical (unpaired) electrons. The molecule has 1 aliphatic rings. The third-order valence-electron chi connectivity index (χ3n) is 2.87. The largest absolute Gasteiger partial charge is 0.464 e. The van der Waals surface area contributed by atoms with Gasteiger partial charge in [-0.15, -0.1) is 0 Å². The Balaban J connectivity index is 2.30. The molecule has 4 heteroatoms. The maximum absolute atomic E-state index is 11.2. The Hall–Kier alpha value is -1.42. The number of esters is 1. The van der Waals surface area contributed by atoms with Crippen molar-refractivity contribution >= 4 is 5.97 Å². The standard InChI is InChI=1S/C11H13NO3/c1-15-10(13)9-7-8(3-6-12-9)11(14)4-2-5-11/h3,6-7,14H,2,4-5H2,1H3. The number of aliphatic hydroxyl groups is 1. The second kappa shape index (κ2) is 3.62. The molecule has 1 aromatic rings. The van der Waals surface area contributed by atoms with E-state index in [1.807, 2.05) is 0 Å². The summed E-state index contributed by atoms with van der Waals surface area (Å²) in [5.74, 6) is -0.472. The van der Waals surface area contributed by atoms with Gasteiger partial charge in [-0.2, -0.15) is 0 Å². The molecule has 0 atom stereocenters. The molecule has 1 N–H and O–H groups in total. The monoisotopic (exact) mass is 207 g/mol. The number of ether oxygens (including phenoxy) is 1. The van der Waals surface area contributed by atoms with E-state index in [9.17, 15) is 9.90 Å². The van der Waals surface area contributed by atoms with Crippen LogP contribution in [0.5, 0.6) is 0 Å². The van der Waals surface area contributed by atoms with Crippen LogP contribution >= 0.6 is 0 Å². The second-order valence-corrected chi connectivity index (χ2v) is 3.81. The Labute approximate surface area is 87.9 Å². The topological polar surface area (TPSA) is 59.4 Å². The average Bonchev–Trinajstić information content (AvgIpc) is 2.25. The molecule has 15 heavy (non-hydrogen) atoms. The van der Waals surface area contributed by atoms with E-state index in [4.69, 9.17) is 0 Å². The molecular weight excluding hydrogens is 194 g/mol. The Morgan fingerprint density at radius 2 is 2.33 bits per heavy atom. The van der Waals surface area contributed by atoms with Gasteiger partial charge in [-0.1, -0.05) is 0 Å². The summed E-state index contributed by atoms with van der Waals surface area (Å²) in [7, 11) is 1.31. The molecule has 0 unspecified atom stereocenters. The van der Waals surface area contributed by atoms with Crippen molar-refractivity contribution in [3.05, 3.63) is 29.6 Å². The first kappa shape index (κ1) is 10.1. The van der Waals surface area contributed by atoms with Crippen molar-refractivity contribution in [3.8, 4) is 0 Å². The van der Waals surface area contributed by atoms with Gasteiger partial charge < -0.3 is 9.84 Å². The van der Waals surface area contributed by atoms with Crippen molar-refractivity contribution in [1.29, 1.82) is 0 Å². The summed E-state index contributed by atoms with van der Waals surface area (Å²) < 4.78 is 4.57. The zero-order valence-electron chi connectivity index (χ0n) is 8.56. The van der Waals surface area contributed by atoms with E-state index in [-0.39, 0.29) is 5.69 Å². The van der Waals surface area contributed by atoms with Crippen molar-refractivity contribution in [1.82, 2.24) is 4.98 Å². The number of carbonyl (C=O) groups is 1. The van der Waals surface area contributed by atoms with Gasteiger partial charge in [0, 0.05) is 6.20 Å². The molecule has 0 spiro atoms. The van der Waals surface area contributed by atoms with Gasteiger partial charge in [0.2, 0.25) is 0 Å². The SMILES string of the molecule is COC(=O)c1cc(C2(O)CCC2)ccn1. The van der Waals surface area contributed by atoms with Crippen LogP contribution in [-0.2, 0) is 10.3 Å². The minimum atomic E-state index is -0.758. The first-order valence-electron chi connectivity index (χ1n) is 4.93. The van der Waals surface area contributed by atoms with Gasteiger partial charge in [-0.05, 0) is 37.0 Å². The summed E-state index contributed by atoms with van der Waals surface area (Å²) in [5.41, 5.74) is 0.241. The lowest BCUT2D eigenvalue weighted by molar-refractivity contribution is -0.0389. The van der Waals surface area contributed by atoms with Crippen LogP contribution in [-0.4, -0.2) is 23.2 Å². The summed E-state index contributed by atoms with van der Waals surface area (Å²) in [5, 5.41) is 10.1. The molecule has 1 saturated carbocycles. The Kier molecular flexibility index (Phi) is 2.44. The number of rotatable bonds is 2. The second-order valence-electron chi connectivity index (χ2n) is 3.81. The van der Waals surface area contributed by atoms with Crippen LogP contribution in [0.4, 0.5) is 0 Å². The molecule has 1 heterocycles. The van der Waals surface area contributed by atoms with Crippen LogP contribution < -0.4 is 0 Å². The maximum Gasteiger partial charge on any atom is 0.356 e. The summed E-state index contributed by atoms with van der Waals surface area (Å²) in [6.45, 7) is 0. The summed E-state index contributed by atoms with van der Waals surface area (Å²) in [6.07, 6.45) is 4.04. The van der Waals surface area contributed by atoms with E-state index < -0.39 is 11.6 Å². The van der Waals surface area contributed by atoms with Crippen LogP contribution in [0.3, 0.4) is 0 Å². The smallest absolute Gasteiger partial charge is 0.356 e.